The first-order valence-electron chi connectivity index (χ1n) is 7.44. The van der Waals surface area contributed by atoms with Crippen LogP contribution in [-0.4, -0.2) is 33.4 Å². The quantitative estimate of drug-likeness (QED) is 0.815. The number of halogens is 1. The molecule has 0 saturated carbocycles. The Morgan fingerprint density at radius 3 is 3.05 bits per heavy atom. The van der Waals surface area contributed by atoms with E-state index in [2.05, 4.69) is 29.3 Å². The first kappa shape index (κ1) is 15.6. The van der Waals surface area contributed by atoms with Gasteiger partial charge in [0, 0.05) is 49.6 Å². The average Bonchev–Trinajstić information content (AvgIpc) is 2.45. The fourth-order valence-corrected chi connectivity index (χ4v) is 3.05. The van der Waals surface area contributed by atoms with E-state index in [1.165, 1.54) is 24.1 Å². The normalized spacial score (nSPS) is 19.4. The van der Waals surface area contributed by atoms with E-state index < -0.39 is 0 Å². The van der Waals surface area contributed by atoms with E-state index in [0.717, 1.165) is 43.7 Å². The van der Waals surface area contributed by atoms with Gasteiger partial charge in [-0.2, -0.15) is 0 Å². The minimum absolute atomic E-state index is 0.723. The average molecular weight is 297 g/mol. The van der Waals surface area contributed by atoms with Crippen molar-refractivity contribution in [1.82, 2.24) is 5.32 Å². The van der Waals surface area contributed by atoms with Crippen LogP contribution in [0.4, 0.5) is 5.69 Å². The van der Waals surface area contributed by atoms with E-state index in [9.17, 15) is 0 Å². The summed E-state index contributed by atoms with van der Waals surface area (Å²) in [6.45, 7) is 6.95. The SMILES string of the molecule is COCCNCc1c(Cl)cccc1N1CCCC(C)C1. The van der Waals surface area contributed by atoms with Crippen molar-refractivity contribution in [2.45, 2.75) is 26.3 Å². The van der Waals surface area contributed by atoms with Crippen LogP contribution in [0.3, 0.4) is 0 Å². The Bertz CT molecular complexity index is 425. The maximum Gasteiger partial charge on any atom is 0.0587 e. The summed E-state index contributed by atoms with van der Waals surface area (Å²) < 4.78 is 5.06. The maximum absolute atomic E-state index is 6.40. The molecule has 1 aliphatic rings. The van der Waals surface area contributed by atoms with Gasteiger partial charge < -0.3 is 15.0 Å². The van der Waals surface area contributed by atoms with Gasteiger partial charge in [-0.15, -0.1) is 0 Å². The highest BCUT2D eigenvalue weighted by Gasteiger charge is 2.19. The predicted octanol–water partition coefficient (Wildman–Crippen LogP) is 3.31. The van der Waals surface area contributed by atoms with Gasteiger partial charge in [0.1, 0.15) is 0 Å². The number of anilines is 1. The number of piperidine rings is 1. The Morgan fingerprint density at radius 2 is 2.30 bits per heavy atom. The summed E-state index contributed by atoms with van der Waals surface area (Å²) in [4.78, 5) is 2.48. The van der Waals surface area contributed by atoms with E-state index in [-0.39, 0.29) is 0 Å². The molecule has 112 valence electrons. The number of methoxy groups -OCH3 is 1. The molecule has 1 unspecified atom stereocenters. The maximum atomic E-state index is 6.40. The van der Waals surface area contributed by atoms with Crippen molar-refractivity contribution >= 4 is 17.3 Å². The molecule has 1 aromatic rings. The Morgan fingerprint density at radius 1 is 1.45 bits per heavy atom. The summed E-state index contributed by atoms with van der Waals surface area (Å²) in [6.07, 6.45) is 2.60. The van der Waals surface area contributed by atoms with Crippen molar-refractivity contribution in [3.63, 3.8) is 0 Å². The molecular weight excluding hydrogens is 272 g/mol. The number of ether oxygens (including phenoxy) is 1. The van der Waals surface area contributed by atoms with Gasteiger partial charge in [-0.25, -0.2) is 0 Å². The van der Waals surface area contributed by atoms with Crippen LogP contribution in [0.2, 0.25) is 5.02 Å². The van der Waals surface area contributed by atoms with Crippen molar-refractivity contribution in [3.05, 3.63) is 28.8 Å². The monoisotopic (exact) mass is 296 g/mol. The Balaban J connectivity index is 2.09. The lowest BCUT2D eigenvalue weighted by atomic mass is 9.99. The number of hydrogen-bond acceptors (Lipinski definition) is 3. The smallest absolute Gasteiger partial charge is 0.0587 e. The van der Waals surface area contributed by atoms with Gasteiger partial charge in [0.2, 0.25) is 0 Å². The molecule has 2 rings (SSSR count). The molecule has 20 heavy (non-hydrogen) atoms. The number of rotatable bonds is 6. The summed E-state index contributed by atoms with van der Waals surface area (Å²) in [5, 5.41) is 4.25. The van der Waals surface area contributed by atoms with E-state index in [0.29, 0.717) is 0 Å². The summed E-state index contributed by atoms with van der Waals surface area (Å²) >= 11 is 6.40. The molecule has 4 heteroatoms. The molecule has 0 aliphatic carbocycles. The van der Waals surface area contributed by atoms with Gasteiger partial charge >= 0.3 is 0 Å². The predicted molar refractivity (Wildman–Crippen MR) is 85.6 cm³/mol. The topological polar surface area (TPSA) is 24.5 Å². The van der Waals surface area contributed by atoms with Crippen LogP contribution in [-0.2, 0) is 11.3 Å². The first-order valence-corrected chi connectivity index (χ1v) is 7.82. The van der Waals surface area contributed by atoms with Gasteiger partial charge in [0.15, 0.2) is 0 Å². The van der Waals surface area contributed by atoms with E-state index >= 15 is 0 Å². The Kier molecular flexibility index (Phi) is 6.14. The molecule has 1 fully saturated rings. The van der Waals surface area contributed by atoms with Crippen LogP contribution in [0.1, 0.15) is 25.3 Å². The van der Waals surface area contributed by atoms with Crippen molar-refractivity contribution in [3.8, 4) is 0 Å². The number of nitrogens with one attached hydrogen (secondary N) is 1. The summed E-state index contributed by atoms with van der Waals surface area (Å²) in [7, 11) is 1.72. The third-order valence-corrected chi connectivity index (χ3v) is 4.23. The van der Waals surface area contributed by atoms with Crippen molar-refractivity contribution in [1.29, 1.82) is 0 Å². The van der Waals surface area contributed by atoms with Gasteiger partial charge in [-0.3, -0.25) is 0 Å². The molecular formula is C16H25ClN2O. The molecule has 0 amide bonds. The highest BCUT2D eigenvalue weighted by molar-refractivity contribution is 6.31. The lowest BCUT2D eigenvalue weighted by Crippen LogP contribution is -2.35. The molecule has 1 heterocycles. The fraction of sp³-hybridized carbons (Fsp3) is 0.625. The van der Waals surface area contributed by atoms with Crippen molar-refractivity contribution in [2.24, 2.45) is 5.92 Å². The lowest BCUT2D eigenvalue weighted by Gasteiger charge is -2.34. The number of nitrogens with zero attached hydrogens (tertiary/aromatic N) is 1. The third kappa shape index (κ3) is 4.11. The number of benzene rings is 1. The molecule has 0 spiro atoms. The van der Waals surface area contributed by atoms with E-state index in [1.807, 2.05) is 6.07 Å². The zero-order valence-electron chi connectivity index (χ0n) is 12.5. The van der Waals surface area contributed by atoms with Crippen LogP contribution in [0.25, 0.3) is 0 Å². The van der Waals surface area contributed by atoms with Crippen molar-refractivity contribution < 1.29 is 4.74 Å². The molecule has 1 N–H and O–H groups in total. The van der Waals surface area contributed by atoms with Crippen LogP contribution < -0.4 is 10.2 Å². The fourth-order valence-electron chi connectivity index (χ4n) is 2.81. The first-order chi connectivity index (χ1) is 9.72. The molecule has 1 aromatic carbocycles. The Hall–Kier alpha value is -0.770. The lowest BCUT2D eigenvalue weighted by molar-refractivity contribution is 0.199. The molecule has 0 bridgehead atoms. The van der Waals surface area contributed by atoms with Gasteiger partial charge in [-0.05, 0) is 30.9 Å². The van der Waals surface area contributed by atoms with Gasteiger partial charge in [0.05, 0.1) is 6.61 Å². The molecule has 1 saturated heterocycles. The van der Waals surface area contributed by atoms with E-state index in [4.69, 9.17) is 16.3 Å². The second kappa shape index (κ2) is 7.87. The minimum atomic E-state index is 0.723. The second-order valence-corrected chi connectivity index (χ2v) is 6.01. The highest BCUT2D eigenvalue weighted by atomic mass is 35.5. The standard InChI is InChI=1S/C16H25ClN2O/c1-13-5-4-9-19(12-13)16-7-3-6-15(17)14(16)11-18-8-10-20-2/h3,6-7,13,18H,4-5,8-12H2,1-2H3. The van der Waals surface area contributed by atoms with Crippen LogP contribution >= 0.6 is 11.6 Å². The number of hydrogen-bond donors (Lipinski definition) is 1. The molecule has 3 nitrogen and oxygen atoms in total. The zero-order valence-corrected chi connectivity index (χ0v) is 13.2. The molecule has 1 aliphatic heterocycles. The summed E-state index contributed by atoms with van der Waals surface area (Å²) in [5.41, 5.74) is 2.49. The summed E-state index contributed by atoms with van der Waals surface area (Å²) in [6, 6.07) is 6.22. The van der Waals surface area contributed by atoms with Crippen LogP contribution in [0.15, 0.2) is 18.2 Å². The van der Waals surface area contributed by atoms with Gasteiger partial charge in [0.25, 0.3) is 0 Å². The molecule has 1 atom stereocenters. The Labute approximate surface area is 127 Å². The third-order valence-electron chi connectivity index (χ3n) is 3.88. The van der Waals surface area contributed by atoms with Crippen LogP contribution in [0.5, 0.6) is 0 Å². The van der Waals surface area contributed by atoms with E-state index in [1.54, 1.807) is 7.11 Å². The molecule has 0 aromatic heterocycles. The van der Waals surface area contributed by atoms with Crippen molar-refractivity contribution in [2.75, 3.05) is 38.3 Å². The largest absolute Gasteiger partial charge is 0.383 e. The second-order valence-electron chi connectivity index (χ2n) is 5.60. The molecule has 0 radical (unpaired) electrons. The minimum Gasteiger partial charge on any atom is -0.383 e. The van der Waals surface area contributed by atoms with Crippen LogP contribution in [0, 0.1) is 5.92 Å². The van der Waals surface area contributed by atoms with Gasteiger partial charge in [-0.1, -0.05) is 24.6 Å². The summed E-state index contributed by atoms with van der Waals surface area (Å²) in [5.74, 6) is 0.761. The zero-order chi connectivity index (χ0) is 14.4. The highest BCUT2D eigenvalue weighted by Crippen LogP contribution is 2.30.